The lowest BCUT2D eigenvalue weighted by molar-refractivity contribution is -0.183. The summed E-state index contributed by atoms with van der Waals surface area (Å²) in [6.07, 6.45) is 1.28. The van der Waals surface area contributed by atoms with Gasteiger partial charge in [0.05, 0.1) is 5.92 Å². The topological polar surface area (TPSA) is 24.9 Å². The molecule has 2 rings (SSSR count). The molecule has 0 aromatic carbocycles. The highest BCUT2D eigenvalue weighted by molar-refractivity contribution is 5.14. The second-order valence-corrected chi connectivity index (χ2v) is 5.27. The Kier molecular flexibility index (Phi) is 4.45. The van der Waals surface area contributed by atoms with Gasteiger partial charge >= 0.3 is 6.18 Å². The van der Waals surface area contributed by atoms with Gasteiger partial charge in [-0.05, 0) is 43.9 Å². The molecule has 1 aliphatic rings. The number of alkyl halides is 3. The van der Waals surface area contributed by atoms with Crippen molar-refractivity contribution >= 4 is 0 Å². The highest BCUT2D eigenvalue weighted by Crippen LogP contribution is 2.38. The van der Waals surface area contributed by atoms with Crippen molar-refractivity contribution in [3.8, 4) is 0 Å². The molecule has 1 N–H and O–H groups in total. The SMILES string of the molecule is C[C@H](NC1CCCC(C(F)(F)F)C1)c1ccncc1. The van der Waals surface area contributed by atoms with E-state index < -0.39 is 12.1 Å². The first-order valence-corrected chi connectivity index (χ1v) is 6.69. The molecule has 2 unspecified atom stereocenters. The van der Waals surface area contributed by atoms with E-state index >= 15 is 0 Å². The molecule has 0 amide bonds. The van der Waals surface area contributed by atoms with E-state index in [2.05, 4.69) is 10.3 Å². The summed E-state index contributed by atoms with van der Waals surface area (Å²) in [7, 11) is 0. The van der Waals surface area contributed by atoms with E-state index in [1.807, 2.05) is 19.1 Å². The number of aromatic nitrogens is 1. The van der Waals surface area contributed by atoms with Crippen molar-refractivity contribution in [1.29, 1.82) is 0 Å². The zero-order valence-electron chi connectivity index (χ0n) is 11.0. The highest BCUT2D eigenvalue weighted by Gasteiger charge is 2.42. The van der Waals surface area contributed by atoms with Crippen molar-refractivity contribution in [2.75, 3.05) is 0 Å². The van der Waals surface area contributed by atoms with Gasteiger partial charge in [-0.25, -0.2) is 0 Å². The maximum atomic E-state index is 12.7. The molecule has 106 valence electrons. The van der Waals surface area contributed by atoms with Gasteiger partial charge in [-0.2, -0.15) is 13.2 Å². The van der Waals surface area contributed by atoms with Gasteiger partial charge in [-0.15, -0.1) is 0 Å². The maximum Gasteiger partial charge on any atom is 0.391 e. The highest BCUT2D eigenvalue weighted by atomic mass is 19.4. The summed E-state index contributed by atoms with van der Waals surface area (Å²) in [5.74, 6) is -1.15. The van der Waals surface area contributed by atoms with Gasteiger partial charge in [0.25, 0.3) is 0 Å². The molecule has 0 aliphatic heterocycles. The van der Waals surface area contributed by atoms with Crippen molar-refractivity contribution in [3.63, 3.8) is 0 Å². The lowest BCUT2D eigenvalue weighted by Crippen LogP contribution is -2.39. The maximum absolute atomic E-state index is 12.7. The summed E-state index contributed by atoms with van der Waals surface area (Å²) in [6, 6.07) is 3.78. The van der Waals surface area contributed by atoms with Gasteiger partial charge in [0.15, 0.2) is 0 Å². The van der Waals surface area contributed by atoms with Crippen LogP contribution in [0.5, 0.6) is 0 Å². The van der Waals surface area contributed by atoms with Gasteiger partial charge in [-0.1, -0.05) is 6.42 Å². The van der Waals surface area contributed by atoms with E-state index in [0.717, 1.165) is 12.0 Å². The number of halogens is 3. The fourth-order valence-corrected chi connectivity index (χ4v) is 2.74. The molecule has 1 aromatic rings. The predicted octanol–water partition coefficient (Wildman–Crippen LogP) is 3.85. The van der Waals surface area contributed by atoms with Crippen molar-refractivity contribution < 1.29 is 13.2 Å². The Bertz CT molecular complexity index is 391. The monoisotopic (exact) mass is 272 g/mol. The third-order valence-corrected chi connectivity index (χ3v) is 3.83. The molecular formula is C14H19F3N2. The Morgan fingerprint density at radius 1 is 1.26 bits per heavy atom. The van der Waals surface area contributed by atoms with E-state index in [-0.39, 0.29) is 24.9 Å². The average molecular weight is 272 g/mol. The minimum atomic E-state index is -4.06. The number of rotatable bonds is 3. The number of nitrogens with one attached hydrogen (secondary N) is 1. The van der Waals surface area contributed by atoms with Crippen LogP contribution in [0.3, 0.4) is 0 Å². The molecule has 5 heteroatoms. The molecule has 0 saturated heterocycles. The largest absolute Gasteiger partial charge is 0.391 e. The first-order chi connectivity index (χ1) is 8.97. The third kappa shape index (κ3) is 3.93. The van der Waals surface area contributed by atoms with Crippen LogP contribution in [0, 0.1) is 5.92 Å². The zero-order chi connectivity index (χ0) is 13.9. The second-order valence-electron chi connectivity index (χ2n) is 5.27. The van der Waals surface area contributed by atoms with Gasteiger partial charge in [0.1, 0.15) is 0 Å². The Morgan fingerprint density at radius 3 is 2.58 bits per heavy atom. The molecule has 0 spiro atoms. The predicted molar refractivity (Wildman–Crippen MR) is 67.6 cm³/mol. The number of nitrogens with zero attached hydrogens (tertiary/aromatic N) is 1. The van der Waals surface area contributed by atoms with Crippen molar-refractivity contribution in [2.24, 2.45) is 5.92 Å². The fraction of sp³-hybridized carbons (Fsp3) is 0.643. The van der Waals surface area contributed by atoms with Gasteiger partial charge in [-0.3, -0.25) is 4.98 Å². The van der Waals surface area contributed by atoms with Crippen LogP contribution in [0.25, 0.3) is 0 Å². The van der Waals surface area contributed by atoms with E-state index in [1.165, 1.54) is 0 Å². The van der Waals surface area contributed by atoms with Crippen LogP contribution >= 0.6 is 0 Å². The second kappa shape index (κ2) is 5.90. The third-order valence-electron chi connectivity index (χ3n) is 3.83. The van der Waals surface area contributed by atoms with Crippen LogP contribution in [0.2, 0.25) is 0 Å². The molecule has 0 radical (unpaired) electrons. The summed E-state index contributed by atoms with van der Waals surface area (Å²) >= 11 is 0. The smallest absolute Gasteiger partial charge is 0.307 e. The van der Waals surface area contributed by atoms with Crippen LogP contribution in [0.15, 0.2) is 24.5 Å². The number of hydrogen-bond acceptors (Lipinski definition) is 2. The lowest BCUT2D eigenvalue weighted by Gasteiger charge is -2.33. The summed E-state index contributed by atoms with van der Waals surface area (Å²) in [5.41, 5.74) is 1.06. The van der Waals surface area contributed by atoms with Crippen LogP contribution in [-0.2, 0) is 0 Å². The van der Waals surface area contributed by atoms with E-state index in [9.17, 15) is 13.2 Å². The van der Waals surface area contributed by atoms with Gasteiger partial charge in [0.2, 0.25) is 0 Å². The minimum absolute atomic E-state index is 0.0523. The normalized spacial score (nSPS) is 26.1. The summed E-state index contributed by atoms with van der Waals surface area (Å²) in [6.45, 7) is 1.98. The molecule has 1 aliphatic carbocycles. The molecule has 0 bridgehead atoms. The molecule has 2 nitrogen and oxygen atoms in total. The molecule has 3 atom stereocenters. The summed E-state index contributed by atoms with van der Waals surface area (Å²) in [4.78, 5) is 3.94. The quantitative estimate of drug-likeness (QED) is 0.904. The van der Waals surface area contributed by atoms with Crippen molar-refractivity contribution in [3.05, 3.63) is 30.1 Å². The van der Waals surface area contributed by atoms with Crippen LogP contribution in [-0.4, -0.2) is 17.2 Å². The van der Waals surface area contributed by atoms with Crippen molar-refractivity contribution in [1.82, 2.24) is 10.3 Å². The Balaban J connectivity index is 1.92. The standard InChI is InChI=1S/C14H19F3N2/c1-10(11-5-7-18-8-6-11)19-13-4-2-3-12(9-13)14(15,16)17/h5-8,10,12-13,19H,2-4,9H2,1H3/t10-,12?,13?/m0/s1. The summed E-state index contributed by atoms with van der Waals surface area (Å²) in [5, 5.41) is 3.31. The van der Waals surface area contributed by atoms with E-state index in [1.54, 1.807) is 12.4 Å². The molecule has 1 fully saturated rings. The molecular weight excluding hydrogens is 253 g/mol. The van der Waals surface area contributed by atoms with Crippen LogP contribution in [0.1, 0.15) is 44.2 Å². The molecule has 19 heavy (non-hydrogen) atoms. The lowest BCUT2D eigenvalue weighted by atomic mass is 9.85. The Labute approximate surface area is 111 Å². The van der Waals surface area contributed by atoms with Gasteiger partial charge in [0, 0.05) is 24.5 Å². The first-order valence-electron chi connectivity index (χ1n) is 6.69. The Morgan fingerprint density at radius 2 is 1.95 bits per heavy atom. The number of hydrogen-bond donors (Lipinski definition) is 1. The summed E-state index contributed by atoms with van der Waals surface area (Å²) < 4.78 is 38.2. The first kappa shape index (κ1) is 14.3. The Hall–Kier alpha value is -1.10. The van der Waals surface area contributed by atoms with Gasteiger partial charge < -0.3 is 5.32 Å². The average Bonchev–Trinajstić information content (AvgIpc) is 2.39. The minimum Gasteiger partial charge on any atom is -0.307 e. The fourth-order valence-electron chi connectivity index (χ4n) is 2.74. The zero-order valence-corrected chi connectivity index (χ0v) is 11.0. The van der Waals surface area contributed by atoms with E-state index in [4.69, 9.17) is 0 Å². The van der Waals surface area contributed by atoms with Crippen molar-refractivity contribution in [2.45, 2.75) is 50.9 Å². The molecule has 1 heterocycles. The van der Waals surface area contributed by atoms with Crippen LogP contribution < -0.4 is 5.32 Å². The molecule has 1 saturated carbocycles. The molecule has 1 aromatic heterocycles. The van der Waals surface area contributed by atoms with E-state index in [0.29, 0.717) is 6.42 Å². The van der Waals surface area contributed by atoms with Crippen LogP contribution in [0.4, 0.5) is 13.2 Å². The number of pyridine rings is 1.